The van der Waals surface area contributed by atoms with Gasteiger partial charge in [0.15, 0.2) is 0 Å². The van der Waals surface area contributed by atoms with Crippen molar-refractivity contribution in [2.24, 2.45) is 0 Å². The zero-order valence-corrected chi connectivity index (χ0v) is 22.9. The Morgan fingerprint density at radius 2 is 1.82 bits per heavy atom. The molecule has 1 aliphatic rings. The normalized spacial score (nSPS) is 14.7. The van der Waals surface area contributed by atoms with Crippen molar-refractivity contribution >= 4 is 40.3 Å². The van der Waals surface area contributed by atoms with Gasteiger partial charge in [0, 0.05) is 40.5 Å². The summed E-state index contributed by atoms with van der Waals surface area (Å²) in [4.78, 5) is 45.8. The van der Waals surface area contributed by atoms with E-state index in [1.54, 1.807) is 30.0 Å². The number of nitrogens with zero attached hydrogens (tertiary/aromatic N) is 1. The highest BCUT2D eigenvalue weighted by molar-refractivity contribution is 6.31. The first kappa shape index (κ1) is 27.7. The number of hydrogen-bond acceptors (Lipinski definition) is 4. The first-order valence-electron chi connectivity index (χ1n) is 13.5. The smallest absolute Gasteiger partial charge is 0.355 e. The molecule has 7 nitrogen and oxygen atoms in total. The first-order chi connectivity index (χ1) is 18.4. The van der Waals surface area contributed by atoms with Crippen molar-refractivity contribution < 1.29 is 19.1 Å². The highest BCUT2D eigenvalue weighted by Gasteiger charge is 2.38. The van der Waals surface area contributed by atoms with Gasteiger partial charge >= 0.3 is 5.97 Å². The lowest BCUT2D eigenvalue weighted by Crippen LogP contribution is -2.47. The molecule has 38 heavy (non-hydrogen) atoms. The van der Waals surface area contributed by atoms with Crippen LogP contribution in [0.1, 0.15) is 86.5 Å². The summed E-state index contributed by atoms with van der Waals surface area (Å²) in [6, 6.07) is 13.8. The minimum atomic E-state index is -1.04. The number of carbonyl (C=O) groups excluding carboxylic acids is 3. The minimum absolute atomic E-state index is 0.0318. The van der Waals surface area contributed by atoms with Crippen LogP contribution in [-0.2, 0) is 20.9 Å². The van der Waals surface area contributed by atoms with Crippen molar-refractivity contribution in [1.82, 2.24) is 15.2 Å². The number of aromatic amines is 1. The molecule has 0 saturated heterocycles. The standard InChI is InChI=1S/C30H36ClN3O4/c1-3-11-25(35)34(19-20-12-7-5-8-13-20)28(29(36)32-22-14-9-6-10-15-22)26-23-17-16-21(31)18-24(23)33-27(26)30(37)38-4-2/h5,7-8,12-13,16-18,22,28,33H,3-4,6,9-11,14-15,19H2,1-2H3,(H,32,36). The molecule has 202 valence electrons. The van der Waals surface area contributed by atoms with Gasteiger partial charge in [-0.2, -0.15) is 0 Å². The first-order valence-corrected chi connectivity index (χ1v) is 13.9. The molecule has 8 heteroatoms. The van der Waals surface area contributed by atoms with Crippen LogP contribution in [0.3, 0.4) is 0 Å². The van der Waals surface area contributed by atoms with Gasteiger partial charge in [0.2, 0.25) is 11.8 Å². The Balaban J connectivity index is 1.89. The number of aromatic nitrogens is 1. The number of halogens is 1. The molecule has 1 atom stereocenters. The highest BCUT2D eigenvalue weighted by atomic mass is 35.5. The molecule has 3 aromatic rings. The van der Waals surface area contributed by atoms with Crippen molar-refractivity contribution in [3.05, 3.63) is 70.4 Å². The Hall–Kier alpha value is -3.32. The molecule has 0 spiro atoms. The van der Waals surface area contributed by atoms with E-state index >= 15 is 0 Å². The second-order valence-corrected chi connectivity index (χ2v) is 10.3. The zero-order valence-electron chi connectivity index (χ0n) is 22.1. The number of rotatable bonds is 10. The third-order valence-corrected chi connectivity index (χ3v) is 7.28. The van der Waals surface area contributed by atoms with Crippen LogP contribution >= 0.6 is 11.6 Å². The number of nitrogens with one attached hydrogen (secondary N) is 2. The summed E-state index contributed by atoms with van der Waals surface area (Å²) in [5.41, 5.74) is 2.10. The van der Waals surface area contributed by atoms with E-state index in [9.17, 15) is 14.4 Å². The lowest BCUT2D eigenvalue weighted by Gasteiger charge is -2.34. The minimum Gasteiger partial charge on any atom is -0.461 e. The number of amides is 2. The molecule has 0 aliphatic heterocycles. The molecule has 4 rings (SSSR count). The summed E-state index contributed by atoms with van der Waals surface area (Å²) in [6.45, 7) is 4.07. The molecule has 0 radical (unpaired) electrons. The van der Waals surface area contributed by atoms with Crippen LogP contribution in [0.4, 0.5) is 0 Å². The highest BCUT2D eigenvalue weighted by Crippen LogP contribution is 2.36. The van der Waals surface area contributed by atoms with Crippen LogP contribution in [0, 0.1) is 0 Å². The van der Waals surface area contributed by atoms with Crippen molar-refractivity contribution in [3.63, 3.8) is 0 Å². The molecule has 1 fully saturated rings. The van der Waals surface area contributed by atoms with Gasteiger partial charge in [0.1, 0.15) is 11.7 Å². The van der Waals surface area contributed by atoms with Crippen molar-refractivity contribution in [2.45, 2.75) is 77.4 Å². The summed E-state index contributed by atoms with van der Waals surface area (Å²) in [7, 11) is 0. The van der Waals surface area contributed by atoms with E-state index in [4.69, 9.17) is 16.3 Å². The number of esters is 1. The zero-order chi connectivity index (χ0) is 27.1. The van der Waals surface area contributed by atoms with Crippen molar-refractivity contribution in [2.75, 3.05) is 6.61 Å². The van der Waals surface area contributed by atoms with E-state index in [-0.39, 0.29) is 43.1 Å². The van der Waals surface area contributed by atoms with Gasteiger partial charge in [-0.05, 0) is 43.9 Å². The van der Waals surface area contributed by atoms with E-state index in [2.05, 4.69) is 10.3 Å². The topological polar surface area (TPSA) is 91.5 Å². The number of ether oxygens (including phenoxy) is 1. The lowest BCUT2D eigenvalue weighted by atomic mass is 9.94. The average molecular weight is 538 g/mol. The summed E-state index contributed by atoms with van der Waals surface area (Å²) < 4.78 is 5.38. The summed E-state index contributed by atoms with van der Waals surface area (Å²) >= 11 is 6.27. The fourth-order valence-corrected chi connectivity index (χ4v) is 5.43. The van der Waals surface area contributed by atoms with Gasteiger partial charge in [0.25, 0.3) is 0 Å². The maximum absolute atomic E-state index is 14.2. The van der Waals surface area contributed by atoms with Crippen LogP contribution in [0.2, 0.25) is 5.02 Å². The van der Waals surface area contributed by atoms with Gasteiger partial charge in [-0.25, -0.2) is 4.79 Å². The maximum Gasteiger partial charge on any atom is 0.355 e. The molecule has 2 amide bonds. The third kappa shape index (κ3) is 6.38. The Morgan fingerprint density at radius 1 is 1.08 bits per heavy atom. The monoisotopic (exact) mass is 537 g/mol. The Kier molecular flexibility index (Phi) is 9.45. The summed E-state index contributed by atoms with van der Waals surface area (Å²) in [5, 5.41) is 4.37. The molecule has 1 heterocycles. The number of fused-ring (bicyclic) bond motifs is 1. The molecule has 1 aliphatic carbocycles. The van der Waals surface area contributed by atoms with Crippen LogP contribution in [0.15, 0.2) is 48.5 Å². The lowest BCUT2D eigenvalue weighted by molar-refractivity contribution is -0.142. The van der Waals surface area contributed by atoms with Crippen LogP contribution < -0.4 is 5.32 Å². The van der Waals surface area contributed by atoms with Crippen molar-refractivity contribution in [3.8, 4) is 0 Å². The number of hydrogen-bond donors (Lipinski definition) is 2. The third-order valence-electron chi connectivity index (χ3n) is 7.05. The maximum atomic E-state index is 14.2. The van der Waals surface area contributed by atoms with Crippen molar-refractivity contribution in [1.29, 1.82) is 0 Å². The van der Waals surface area contributed by atoms with E-state index in [1.807, 2.05) is 37.3 Å². The summed E-state index contributed by atoms with van der Waals surface area (Å²) in [6.07, 6.45) is 5.97. The second kappa shape index (κ2) is 13.0. The predicted octanol–water partition coefficient (Wildman–Crippen LogP) is 6.32. The van der Waals surface area contributed by atoms with Gasteiger partial charge in [-0.1, -0.05) is 74.2 Å². The second-order valence-electron chi connectivity index (χ2n) is 9.83. The fraction of sp³-hybridized carbons (Fsp3) is 0.433. The molecule has 1 unspecified atom stereocenters. The molecule has 1 aromatic heterocycles. The molecule has 0 bridgehead atoms. The molecule has 2 N–H and O–H groups in total. The number of carbonyl (C=O) groups is 3. The average Bonchev–Trinajstić information content (AvgIpc) is 3.28. The van der Waals surface area contributed by atoms with Crippen LogP contribution in [0.5, 0.6) is 0 Å². The Morgan fingerprint density at radius 3 is 2.50 bits per heavy atom. The largest absolute Gasteiger partial charge is 0.461 e. The van der Waals surface area contributed by atoms with E-state index < -0.39 is 12.0 Å². The number of benzene rings is 2. The van der Waals surface area contributed by atoms with E-state index in [0.29, 0.717) is 27.9 Å². The van der Waals surface area contributed by atoms with E-state index in [1.165, 1.54) is 0 Å². The Labute approximate surface area is 228 Å². The number of H-pyrrole nitrogens is 1. The van der Waals surface area contributed by atoms with Gasteiger partial charge < -0.3 is 19.9 Å². The molecule has 2 aromatic carbocycles. The van der Waals surface area contributed by atoms with Crippen LogP contribution in [0.25, 0.3) is 10.9 Å². The van der Waals surface area contributed by atoms with E-state index in [0.717, 1.165) is 37.7 Å². The molecule has 1 saturated carbocycles. The van der Waals surface area contributed by atoms with Gasteiger partial charge in [-0.3, -0.25) is 9.59 Å². The van der Waals surface area contributed by atoms with Gasteiger partial charge in [-0.15, -0.1) is 0 Å². The SMILES string of the molecule is CCCC(=O)N(Cc1ccccc1)C(C(=O)NC1CCCCC1)c1c(C(=O)OCC)[nH]c2cc(Cl)ccc12. The predicted molar refractivity (Wildman–Crippen MR) is 149 cm³/mol. The van der Waals surface area contributed by atoms with Gasteiger partial charge in [0.05, 0.1) is 6.61 Å². The molecular weight excluding hydrogens is 502 g/mol. The quantitative estimate of drug-likeness (QED) is 0.296. The Bertz CT molecular complexity index is 1270. The van der Waals surface area contributed by atoms with Crippen LogP contribution in [-0.4, -0.2) is 40.3 Å². The fourth-order valence-electron chi connectivity index (χ4n) is 5.26. The summed E-state index contributed by atoms with van der Waals surface area (Å²) in [5.74, 6) is -1.02. The molecular formula is C30H36ClN3O4.